The van der Waals surface area contributed by atoms with Gasteiger partial charge in [-0.25, -0.2) is 0 Å². The molecule has 0 saturated heterocycles. The molecule has 6 heteroatoms. The first-order valence-corrected chi connectivity index (χ1v) is 5.81. The Labute approximate surface area is 110 Å². The van der Waals surface area contributed by atoms with E-state index in [-0.39, 0.29) is 5.56 Å². The number of H-pyrrole nitrogens is 1. The second kappa shape index (κ2) is 4.50. The van der Waals surface area contributed by atoms with Crippen LogP contribution in [0.25, 0.3) is 10.9 Å². The fraction of sp³-hybridized carbons (Fsp3) is 0.0909. The molecule has 4 nitrogen and oxygen atoms in total. The molecule has 1 N–H and O–H groups in total. The van der Waals surface area contributed by atoms with Crippen LogP contribution in [0.2, 0.25) is 0 Å². The highest BCUT2D eigenvalue weighted by atomic mass is 79.9. The van der Waals surface area contributed by atoms with Crippen molar-refractivity contribution in [2.45, 2.75) is 0 Å². The molecule has 0 saturated carbocycles. The highest BCUT2D eigenvalue weighted by Gasteiger charge is 2.21. The molecule has 0 fully saturated rings. The molecule has 0 spiro atoms. The number of carbonyl (C=O) groups is 2. The number of rotatable bonds is 3. The fourth-order valence-electron chi connectivity index (χ4n) is 1.64. The van der Waals surface area contributed by atoms with Crippen molar-refractivity contribution in [1.82, 2.24) is 4.98 Å². The van der Waals surface area contributed by atoms with Crippen molar-refractivity contribution in [2.75, 3.05) is 7.11 Å². The van der Waals surface area contributed by atoms with Crippen molar-refractivity contribution >= 4 is 49.5 Å². The minimum atomic E-state index is -1.02. The van der Waals surface area contributed by atoms with E-state index in [0.29, 0.717) is 16.7 Å². The summed E-state index contributed by atoms with van der Waals surface area (Å²) in [5.74, 6) is -0.250. The Morgan fingerprint density at radius 2 is 2.12 bits per heavy atom. The zero-order valence-electron chi connectivity index (χ0n) is 8.71. The van der Waals surface area contributed by atoms with E-state index in [2.05, 4.69) is 20.9 Å². The van der Waals surface area contributed by atoms with Gasteiger partial charge in [-0.1, -0.05) is 0 Å². The number of hydrogen-bond acceptors (Lipinski definition) is 3. The Morgan fingerprint density at radius 3 is 2.71 bits per heavy atom. The Morgan fingerprint density at radius 1 is 1.41 bits per heavy atom. The van der Waals surface area contributed by atoms with Gasteiger partial charge in [-0.15, -0.1) is 0 Å². The average Bonchev–Trinajstić information content (AvgIpc) is 2.74. The second-order valence-electron chi connectivity index (χ2n) is 3.30. The number of halogens is 2. The van der Waals surface area contributed by atoms with Gasteiger partial charge in [-0.05, 0) is 39.7 Å². The quantitative estimate of drug-likeness (QED) is 0.538. The van der Waals surface area contributed by atoms with Crippen LogP contribution in [-0.4, -0.2) is 23.1 Å². The molecule has 0 aliphatic carbocycles. The van der Waals surface area contributed by atoms with Gasteiger partial charge in [-0.3, -0.25) is 9.59 Å². The Hall–Kier alpha value is -1.33. The standard InChI is InChI=1S/C11H7BrClNO3/c1-17-7-3-2-6(12)9-8(7)5(4-14-9)10(15)11(13)16/h2-4,14H,1H3. The van der Waals surface area contributed by atoms with Crippen LogP contribution in [-0.2, 0) is 4.79 Å². The molecule has 0 unspecified atom stereocenters. The lowest BCUT2D eigenvalue weighted by Gasteiger charge is -2.04. The molecule has 2 aromatic rings. The maximum absolute atomic E-state index is 11.6. The number of aromatic amines is 1. The number of Topliss-reactive ketones (excluding diaryl/α,β-unsaturated/α-hetero) is 1. The number of fused-ring (bicyclic) bond motifs is 1. The van der Waals surface area contributed by atoms with E-state index in [9.17, 15) is 9.59 Å². The molecule has 0 bridgehead atoms. The fourth-order valence-corrected chi connectivity index (χ4v) is 2.18. The highest BCUT2D eigenvalue weighted by Crippen LogP contribution is 2.34. The monoisotopic (exact) mass is 315 g/mol. The predicted octanol–water partition coefficient (Wildman–Crippen LogP) is 2.89. The Kier molecular flexibility index (Phi) is 3.22. The summed E-state index contributed by atoms with van der Waals surface area (Å²) in [7, 11) is 1.49. The lowest BCUT2D eigenvalue weighted by atomic mass is 10.1. The number of benzene rings is 1. The molecular weight excluding hydrogens is 309 g/mol. The van der Waals surface area contributed by atoms with E-state index >= 15 is 0 Å². The summed E-state index contributed by atoms with van der Waals surface area (Å²) >= 11 is 8.54. The first-order valence-electron chi connectivity index (χ1n) is 4.64. The summed E-state index contributed by atoms with van der Waals surface area (Å²) in [6.07, 6.45) is 1.44. The lowest BCUT2D eigenvalue weighted by Crippen LogP contribution is -2.06. The number of methoxy groups -OCH3 is 1. The van der Waals surface area contributed by atoms with Gasteiger partial charge in [0.2, 0.25) is 5.78 Å². The lowest BCUT2D eigenvalue weighted by molar-refractivity contribution is -0.108. The molecule has 0 aliphatic heterocycles. The van der Waals surface area contributed by atoms with E-state index in [0.717, 1.165) is 4.47 Å². The van der Waals surface area contributed by atoms with Crippen molar-refractivity contribution in [1.29, 1.82) is 0 Å². The van der Waals surface area contributed by atoms with Gasteiger partial charge in [0.05, 0.1) is 23.6 Å². The predicted molar refractivity (Wildman–Crippen MR) is 67.7 cm³/mol. The first kappa shape index (κ1) is 12.1. The van der Waals surface area contributed by atoms with E-state index in [1.807, 2.05) is 0 Å². The van der Waals surface area contributed by atoms with Crippen LogP contribution in [0.4, 0.5) is 0 Å². The highest BCUT2D eigenvalue weighted by molar-refractivity contribution is 9.10. The van der Waals surface area contributed by atoms with Gasteiger partial charge in [0.15, 0.2) is 0 Å². The third kappa shape index (κ3) is 1.96. The molecule has 1 aromatic heterocycles. The van der Waals surface area contributed by atoms with Crippen LogP contribution in [0.3, 0.4) is 0 Å². The van der Waals surface area contributed by atoms with E-state index < -0.39 is 11.0 Å². The SMILES string of the molecule is COc1ccc(Br)c2[nH]cc(C(=O)C(=O)Cl)c12. The molecule has 1 aromatic carbocycles. The third-order valence-corrected chi connectivity index (χ3v) is 3.22. The molecule has 0 radical (unpaired) electrons. The van der Waals surface area contributed by atoms with Crippen LogP contribution < -0.4 is 4.74 Å². The minimum absolute atomic E-state index is 0.207. The number of nitrogens with one attached hydrogen (secondary N) is 1. The number of carbonyl (C=O) groups excluding carboxylic acids is 2. The molecule has 2 rings (SSSR count). The third-order valence-electron chi connectivity index (χ3n) is 2.39. The molecule has 0 aliphatic rings. The normalized spacial score (nSPS) is 10.5. The zero-order chi connectivity index (χ0) is 12.6. The number of hydrogen-bond donors (Lipinski definition) is 1. The zero-order valence-corrected chi connectivity index (χ0v) is 11.1. The minimum Gasteiger partial charge on any atom is -0.496 e. The van der Waals surface area contributed by atoms with E-state index in [1.165, 1.54) is 13.3 Å². The van der Waals surface area contributed by atoms with E-state index in [4.69, 9.17) is 16.3 Å². The van der Waals surface area contributed by atoms with Crippen LogP contribution >= 0.6 is 27.5 Å². The molecule has 1 heterocycles. The van der Waals surface area contributed by atoms with Crippen LogP contribution in [0, 0.1) is 0 Å². The maximum atomic E-state index is 11.6. The van der Waals surface area contributed by atoms with Gasteiger partial charge >= 0.3 is 0 Å². The average molecular weight is 317 g/mol. The van der Waals surface area contributed by atoms with Crippen LogP contribution in [0.1, 0.15) is 10.4 Å². The van der Waals surface area contributed by atoms with Gasteiger partial charge < -0.3 is 9.72 Å². The van der Waals surface area contributed by atoms with Crippen LogP contribution in [0.15, 0.2) is 22.8 Å². The second-order valence-corrected chi connectivity index (χ2v) is 4.50. The van der Waals surface area contributed by atoms with Crippen molar-refractivity contribution in [3.8, 4) is 5.75 Å². The Bertz CT molecular complexity index is 620. The van der Waals surface area contributed by atoms with Gasteiger partial charge in [-0.2, -0.15) is 0 Å². The molecule has 0 atom stereocenters. The first-order chi connectivity index (χ1) is 8.06. The number of ether oxygens (including phenoxy) is 1. The van der Waals surface area contributed by atoms with Gasteiger partial charge in [0, 0.05) is 10.7 Å². The number of ketones is 1. The summed E-state index contributed by atoms with van der Waals surface area (Å²) < 4.78 is 5.94. The van der Waals surface area contributed by atoms with Crippen molar-refractivity contribution in [3.63, 3.8) is 0 Å². The summed E-state index contributed by atoms with van der Waals surface area (Å²) in [6, 6.07) is 3.49. The molecule has 88 valence electrons. The molecule has 0 amide bonds. The van der Waals surface area contributed by atoms with Crippen molar-refractivity contribution in [2.24, 2.45) is 0 Å². The van der Waals surface area contributed by atoms with E-state index in [1.54, 1.807) is 12.1 Å². The Balaban J connectivity index is 2.78. The van der Waals surface area contributed by atoms with Gasteiger partial charge in [0.25, 0.3) is 5.24 Å². The van der Waals surface area contributed by atoms with Crippen LogP contribution in [0.5, 0.6) is 5.75 Å². The van der Waals surface area contributed by atoms with Crippen molar-refractivity contribution < 1.29 is 14.3 Å². The summed E-state index contributed by atoms with van der Waals surface area (Å²) in [4.78, 5) is 25.5. The number of aromatic nitrogens is 1. The largest absolute Gasteiger partial charge is 0.496 e. The molecular formula is C11H7BrClNO3. The summed E-state index contributed by atoms with van der Waals surface area (Å²) in [6.45, 7) is 0. The maximum Gasteiger partial charge on any atom is 0.293 e. The summed E-state index contributed by atoms with van der Waals surface area (Å²) in [5.41, 5.74) is 0.892. The summed E-state index contributed by atoms with van der Waals surface area (Å²) in [5, 5.41) is -0.478. The topological polar surface area (TPSA) is 59.2 Å². The molecule has 17 heavy (non-hydrogen) atoms. The smallest absolute Gasteiger partial charge is 0.293 e. The van der Waals surface area contributed by atoms with Gasteiger partial charge in [0.1, 0.15) is 5.75 Å². The van der Waals surface area contributed by atoms with Crippen molar-refractivity contribution in [3.05, 3.63) is 28.4 Å².